The lowest BCUT2D eigenvalue weighted by atomic mass is 9.92. The van der Waals surface area contributed by atoms with Crippen LogP contribution in [0.25, 0.3) is 0 Å². The average molecular weight is 281 g/mol. The third-order valence-electron chi connectivity index (χ3n) is 5.89. The Hall–Kier alpha value is -1.03. The quantitative estimate of drug-likeness (QED) is 0.834. The van der Waals surface area contributed by atoms with Crippen LogP contribution in [0.3, 0.4) is 0 Å². The monoisotopic (exact) mass is 281 g/mol. The Balaban J connectivity index is 1.66. The van der Waals surface area contributed by atoms with Crippen molar-refractivity contribution in [2.24, 2.45) is 29.6 Å². The average Bonchev–Trinajstić information content (AvgIpc) is 2.86. The van der Waals surface area contributed by atoms with Crippen molar-refractivity contribution in [1.82, 2.24) is 5.32 Å². The first kappa shape index (κ1) is 12.7. The molecule has 3 saturated carbocycles. The van der Waals surface area contributed by atoms with E-state index in [4.69, 9.17) is 0 Å². The highest BCUT2D eigenvalue weighted by molar-refractivity contribution is 5.28. The first-order valence-corrected chi connectivity index (χ1v) is 7.44. The molecule has 1 nitrogen and oxygen atoms in total. The SMILES string of the molecule is CNC(c1ccc(F)c(F)c1F)C1C2C3CCC(C3)C21. The summed E-state index contributed by atoms with van der Waals surface area (Å²) >= 11 is 0. The molecule has 1 N–H and O–H groups in total. The molecule has 5 atom stereocenters. The number of nitrogens with one attached hydrogen (secondary N) is 1. The summed E-state index contributed by atoms with van der Waals surface area (Å²) < 4.78 is 40.5. The second-order valence-electron chi connectivity index (χ2n) is 6.60. The molecule has 1 aromatic carbocycles. The lowest BCUT2D eigenvalue weighted by Crippen LogP contribution is -2.23. The van der Waals surface area contributed by atoms with Gasteiger partial charge in [-0.15, -0.1) is 0 Å². The molecular weight excluding hydrogens is 263 g/mol. The van der Waals surface area contributed by atoms with Crippen molar-refractivity contribution in [3.63, 3.8) is 0 Å². The van der Waals surface area contributed by atoms with Crippen LogP contribution in [0.2, 0.25) is 0 Å². The van der Waals surface area contributed by atoms with Gasteiger partial charge in [0.05, 0.1) is 0 Å². The van der Waals surface area contributed by atoms with Crippen LogP contribution in [0.15, 0.2) is 12.1 Å². The molecule has 20 heavy (non-hydrogen) atoms. The van der Waals surface area contributed by atoms with Gasteiger partial charge in [0.1, 0.15) is 0 Å². The number of hydrogen-bond donors (Lipinski definition) is 1. The Morgan fingerprint density at radius 3 is 2.30 bits per heavy atom. The third kappa shape index (κ3) is 1.54. The van der Waals surface area contributed by atoms with Crippen molar-refractivity contribution in [3.8, 4) is 0 Å². The minimum absolute atomic E-state index is 0.191. The highest BCUT2D eigenvalue weighted by Crippen LogP contribution is 2.72. The predicted molar refractivity (Wildman–Crippen MR) is 69.4 cm³/mol. The fourth-order valence-corrected chi connectivity index (χ4v) is 5.17. The molecule has 0 heterocycles. The van der Waals surface area contributed by atoms with E-state index in [2.05, 4.69) is 5.32 Å². The highest BCUT2D eigenvalue weighted by Gasteiger charge is 2.66. The molecule has 3 fully saturated rings. The molecule has 3 aliphatic rings. The maximum absolute atomic E-state index is 14.0. The molecule has 3 aliphatic carbocycles. The van der Waals surface area contributed by atoms with E-state index in [0.717, 1.165) is 17.9 Å². The lowest BCUT2D eigenvalue weighted by molar-refractivity contribution is 0.366. The molecule has 0 aromatic heterocycles. The van der Waals surface area contributed by atoms with Gasteiger partial charge in [0.2, 0.25) is 0 Å². The summed E-state index contributed by atoms with van der Waals surface area (Å²) in [6.45, 7) is 0. The zero-order chi connectivity index (χ0) is 14.0. The summed E-state index contributed by atoms with van der Waals surface area (Å²) in [6.07, 6.45) is 3.90. The fraction of sp³-hybridized carbons (Fsp3) is 0.625. The van der Waals surface area contributed by atoms with Gasteiger partial charge in [0.25, 0.3) is 0 Å². The molecule has 5 unspecified atom stereocenters. The van der Waals surface area contributed by atoms with E-state index in [1.165, 1.54) is 25.3 Å². The Morgan fingerprint density at radius 2 is 1.70 bits per heavy atom. The molecule has 1 aromatic rings. The Labute approximate surface area is 116 Å². The van der Waals surface area contributed by atoms with Crippen molar-refractivity contribution in [1.29, 1.82) is 0 Å². The minimum atomic E-state index is -1.35. The Kier molecular flexibility index (Phi) is 2.69. The molecule has 4 rings (SSSR count). The lowest BCUT2D eigenvalue weighted by Gasteiger charge is -2.21. The number of hydrogen-bond acceptors (Lipinski definition) is 1. The number of rotatable bonds is 3. The molecule has 4 heteroatoms. The molecule has 0 spiro atoms. The number of fused-ring (bicyclic) bond motifs is 5. The van der Waals surface area contributed by atoms with E-state index in [0.29, 0.717) is 17.8 Å². The maximum atomic E-state index is 14.0. The summed E-state index contributed by atoms with van der Waals surface area (Å²) in [7, 11) is 1.78. The highest BCUT2D eigenvalue weighted by atomic mass is 19.2. The second-order valence-corrected chi connectivity index (χ2v) is 6.60. The molecular formula is C16H18F3N. The molecule has 0 amide bonds. The molecule has 0 radical (unpaired) electrons. The largest absolute Gasteiger partial charge is 0.313 e. The first-order valence-electron chi connectivity index (χ1n) is 7.44. The Bertz CT molecular complexity index is 543. The van der Waals surface area contributed by atoms with Crippen molar-refractivity contribution in [3.05, 3.63) is 35.1 Å². The topological polar surface area (TPSA) is 12.0 Å². The van der Waals surface area contributed by atoms with Crippen molar-refractivity contribution in [2.45, 2.75) is 25.3 Å². The van der Waals surface area contributed by atoms with Crippen molar-refractivity contribution < 1.29 is 13.2 Å². The normalized spacial score (nSPS) is 38.9. The van der Waals surface area contributed by atoms with Gasteiger partial charge in [-0.2, -0.15) is 0 Å². The molecule has 2 bridgehead atoms. The van der Waals surface area contributed by atoms with Gasteiger partial charge in [0.15, 0.2) is 17.5 Å². The van der Waals surface area contributed by atoms with E-state index >= 15 is 0 Å². The van der Waals surface area contributed by atoms with Crippen LogP contribution in [-0.4, -0.2) is 7.05 Å². The van der Waals surface area contributed by atoms with Gasteiger partial charge in [-0.05, 0) is 62.0 Å². The number of benzene rings is 1. The van der Waals surface area contributed by atoms with E-state index in [1.54, 1.807) is 7.05 Å². The van der Waals surface area contributed by atoms with Crippen LogP contribution in [0.5, 0.6) is 0 Å². The van der Waals surface area contributed by atoms with Crippen LogP contribution >= 0.6 is 0 Å². The van der Waals surface area contributed by atoms with Crippen LogP contribution in [0, 0.1) is 47.0 Å². The van der Waals surface area contributed by atoms with Crippen LogP contribution in [0.1, 0.15) is 30.9 Å². The zero-order valence-corrected chi connectivity index (χ0v) is 11.4. The van der Waals surface area contributed by atoms with Gasteiger partial charge in [-0.3, -0.25) is 0 Å². The van der Waals surface area contributed by atoms with Crippen LogP contribution < -0.4 is 5.32 Å². The van der Waals surface area contributed by atoms with Crippen LogP contribution in [0.4, 0.5) is 13.2 Å². The van der Waals surface area contributed by atoms with Gasteiger partial charge in [-0.25, -0.2) is 13.2 Å². The van der Waals surface area contributed by atoms with E-state index in [9.17, 15) is 13.2 Å². The summed E-state index contributed by atoms with van der Waals surface area (Å²) in [4.78, 5) is 0. The third-order valence-corrected chi connectivity index (χ3v) is 5.89. The molecule has 108 valence electrons. The van der Waals surface area contributed by atoms with Gasteiger partial charge < -0.3 is 5.32 Å². The summed E-state index contributed by atoms with van der Waals surface area (Å²) in [6, 6.07) is 2.24. The van der Waals surface area contributed by atoms with E-state index in [-0.39, 0.29) is 11.6 Å². The standard InChI is InChI=1S/C16H18F3N/c1-20-16(9-4-5-10(17)15(19)14(9)18)13-11-7-2-3-8(6-7)12(11)13/h4-5,7-8,11-13,16,20H,2-3,6H2,1H3. The van der Waals surface area contributed by atoms with Gasteiger partial charge >= 0.3 is 0 Å². The van der Waals surface area contributed by atoms with Crippen LogP contribution in [-0.2, 0) is 0 Å². The summed E-state index contributed by atoms with van der Waals surface area (Å²) in [5.41, 5.74) is 0.283. The minimum Gasteiger partial charge on any atom is -0.313 e. The zero-order valence-electron chi connectivity index (χ0n) is 11.4. The predicted octanol–water partition coefficient (Wildman–Crippen LogP) is 3.66. The van der Waals surface area contributed by atoms with Crippen molar-refractivity contribution >= 4 is 0 Å². The molecule has 0 saturated heterocycles. The second kappa shape index (κ2) is 4.23. The number of halogens is 3. The smallest absolute Gasteiger partial charge is 0.194 e. The van der Waals surface area contributed by atoms with Crippen molar-refractivity contribution in [2.75, 3.05) is 7.05 Å². The Morgan fingerprint density at radius 1 is 1.05 bits per heavy atom. The van der Waals surface area contributed by atoms with Gasteiger partial charge in [0, 0.05) is 11.6 Å². The summed E-state index contributed by atoms with van der Waals surface area (Å²) in [5, 5.41) is 3.14. The first-order chi connectivity index (χ1) is 9.63. The summed E-state index contributed by atoms with van der Waals surface area (Å²) in [5.74, 6) is -0.211. The van der Waals surface area contributed by atoms with Gasteiger partial charge in [-0.1, -0.05) is 6.07 Å². The molecule has 0 aliphatic heterocycles. The maximum Gasteiger partial charge on any atom is 0.194 e. The van der Waals surface area contributed by atoms with E-state index < -0.39 is 17.5 Å². The fourth-order valence-electron chi connectivity index (χ4n) is 5.17. The van der Waals surface area contributed by atoms with E-state index in [1.807, 2.05) is 0 Å².